The number of aromatic nitrogens is 4. The summed E-state index contributed by atoms with van der Waals surface area (Å²) in [6.07, 6.45) is 1.61. The SMILES string of the molecule is CC(c1cc(Cl)ccc1Cl)n1nccc1NC(=O)c1cc2n(n1)CCO2. The monoisotopic (exact) mass is 391 g/mol. The van der Waals surface area contributed by atoms with Gasteiger partial charge in [0.25, 0.3) is 5.91 Å². The van der Waals surface area contributed by atoms with Crippen molar-refractivity contribution in [3.8, 4) is 5.88 Å². The van der Waals surface area contributed by atoms with E-state index in [0.717, 1.165) is 5.56 Å². The zero-order valence-electron chi connectivity index (χ0n) is 13.8. The zero-order chi connectivity index (χ0) is 18.3. The number of carbonyl (C=O) groups excluding carboxylic acids is 1. The number of nitrogens with zero attached hydrogens (tertiary/aromatic N) is 4. The maximum absolute atomic E-state index is 12.5. The molecule has 0 saturated heterocycles. The van der Waals surface area contributed by atoms with Crippen LogP contribution in [-0.4, -0.2) is 32.1 Å². The van der Waals surface area contributed by atoms with Crippen molar-refractivity contribution >= 4 is 34.9 Å². The van der Waals surface area contributed by atoms with Crippen LogP contribution in [0.15, 0.2) is 36.5 Å². The number of benzene rings is 1. The number of carbonyl (C=O) groups is 1. The van der Waals surface area contributed by atoms with Gasteiger partial charge in [-0.1, -0.05) is 23.2 Å². The number of halogens is 2. The minimum Gasteiger partial charge on any atom is -0.476 e. The third kappa shape index (κ3) is 3.04. The molecule has 9 heteroatoms. The van der Waals surface area contributed by atoms with Crippen molar-refractivity contribution in [2.75, 3.05) is 11.9 Å². The Kier molecular flexibility index (Phi) is 4.34. The first kappa shape index (κ1) is 16.9. The molecule has 1 N–H and O–H groups in total. The minimum atomic E-state index is -0.332. The summed E-state index contributed by atoms with van der Waals surface area (Å²) in [4.78, 5) is 12.5. The van der Waals surface area contributed by atoms with Gasteiger partial charge < -0.3 is 10.1 Å². The summed E-state index contributed by atoms with van der Waals surface area (Å²) in [6, 6.07) is 8.38. The highest BCUT2D eigenvalue weighted by molar-refractivity contribution is 6.33. The van der Waals surface area contributed by atoms with Crippen LogP contribution in [0.3, 0.4) is 0 Å². The van der Waals surface area contributed by atoms with Gasteiger partial charge in [-0.25, -0.2) is 9.36 Å². The van der Waals surface area contributed by atoms with Gasteiger partial charge in [0.05, 0.1) is 18.8 Å². The van der Waals surface area contributed by atoms with Crippen LogP contribution in [-0.2, 0) is 6.54 Å². The van der Waals surface area contributed by atoms with Gasteiger partial charge in [-0.2, -0.15) is 10.2 Å². The van der Waals surface area contributed by atoms with Gasteiger partial charge in [-0.05, 0) is 30.7 Å². The van der Waals surface area contributed by atoms with Crippen LogP contribution in [0.1, 0.15) is 29.0 Å². The van der Waals surface area contributed by atoms with E-state index in [0.29, 0.717) is 40.6 Å². The molecule has 134 valence electrons. The molecule has 26 heavy (non-hydrogen) atoms. The summed E-state index contributed by atoms with van der Waals surface area (Å²) < 4.78 is 8.73. The molecule has 1 atom stereocenters. The van der Waals surface area contributed by atoms with Crippen LogP contribution in [0.2, 0.25) is 10.0 Å². The fourth-order valence-electron chi connectivity index (χ4n) is 2.89. The topological polar surface area (TPSA) is 74.0 Å². The highest BCUT2D eigenvalue weighted by atomic mass is 35.5. The van der Waals surface area contributed by atoms with Gasteiger partial charge in [-0.3, -0.25) is 4.79 Å². The predicted molar refractivity (Wildman–Crippen MR) is 98.2 cm³/mol. The highest BCUT2D eigenvalue weighted by Crippen LogP contribution is 2.30. The van der Waals surface area contributed by atoms with E-state index in [-0.39, 0.29) is 11.9 Å². The third-order valence-corrected chi connectivity index (χ3v) is 4.79. The van der Waals surface area contributed by atoms with Crippen LogP contribution in [0.25, 0.3) is 0 Å². The molecule has 1 aliphatic rings. The summed E-state index contributed by atoms with van der Waals surface area (Å²) in [5.74, 6) is 0.803. The van der Waals surface area contributed by atoms with Gasteiger partial charge in [0.1, 0.15) is 12.4 Å². The Bertz CT molecular complexity index is 960. The molecular weight excluding hydrogens is 377 g/mol. The average Bonchev–Trinajstić information content (AvgIpc) is 3.31. The zero-order valence-corrected chi connectivity index (χ0v) is 15.3. The van der Waals surface area contributed by atoms with Crippen molar-refractivity contribution in [2.24, 2.45) is 0 Å². The smallest absolute Gasteiger partial charge is 0.277 e. The van der Waals surface area contributed by atoms with E-state index in [1.165, 1.54) is 0 Å². The summed E-state index contributed by atoms with van der Waals surface area (Å²) in [5.41, 5.74) is 1.11. The molecule has 4 rings (SSSR count). The molecule has 3 heterocycles. The number of fused-ring (bicyclic) bond motifs is 1. The second-order valence-corrected chi connectivity index (χ2v) is 6.74. The molecule has 1 unspecified atom stereocenters. The fourth-order valence-corrected chi connectivity index (χ4v) is 3.35. The molecule has 2 aromatic heterocycles. The Balaban J connectivity index is 1.58. The lowest BCUT2D eigenvalue weighted by atomic mass is 10.1. The predicted octanol–water partition coefficient (Wildman–Crippen LogP) is 3.64. The van der Waals surface area contributed by atoms with E-state index in [9.17, 15) is 4.79 Å². The van der Waals surface area contributed by atoms with Gasteiger partial charge >= 0.3 is 0 Å². The van der Waals surface area contributed by atoms with E-state index in [1.54, 1.807) is 45.9 Å². The number of amides is 1. The normalized spacial score (nSPS) is 14.0. The largest absolute Gasteiger partial charge is 0.476 e. The molecule has 1 aliphatic heterocycles. The Morgan fingerprint density at radius 2 is 2.15 bits per heavy atom. The van der Waals surface area contributed by atoms with Crippen LogP contribution in [0.5, 0.6) is 5.88 Å². The molecule has 0 saturated carbocycles. The molecule has 0 spiro atoms. The molecule has 3 aromatic rings. The Hall–Kier alpha value is -2.51. The molecule has 1 aromatic carbocycles. The molecule has 0 fully saturated rings. The van der Waals surface area contributed by atoms with E-state index >= 15 is 0 Å². The number of rotatable bonds is 4. The van der Waals surface area contributed by atoms with Gasteiger partial charge in [0.15, 0.2) is 5.69 Å². The van der Waals surface area contributed by atoms with E-state index < -0.39 is 0 Å². The standard InChI is InChI=1S/C17H15Cl2N5O2/c1-10(12-8-11(18)2-3-13(12)19)24-15(4-5-20-24)21-17(25)14-9-16-23(22-14)6-7-26-16/h2-5,8-10H,6-7H2,1H3,(H,21,25). The molecule has 0 aliphatic carbocycles. The van der Waals surface area contributed by atoms with Gasteiger partial charge in [0, 0.05) is 22.2 Å². The van der Waals surface area contributed by atoms with Crippen molar-refractivity contribution in [1.82, 2.24) is 19.6 Å². The number of nitrogens with one attached hydrogen (secondary N) is 1. The lowest BCUT2D eigenvalue weighted by Crippen LogP contribution is -2.19. The third-order valence-electron chi connectivity index (χ3n) is 4.22. The summed E-state index contributed by atoms with van der Waals surface area (Å²) in [7, 11) is 0. The van der Waals surface area contributed by atoms with Crippen molar-refractivity contribution in [2.45, 2.75) is 19.5 Å². The van der Waals surface area contributed by atoms with Gasteiger partial charge in [0.2, 0.25) is 5.88 Å². The summed E-state index contributed by atoms with van der Waals surface area (Å²) in [6.45, 7) is 3.15. The van der Waals surface area contributed by atoms with E-state index in [1.807, 2.05) is 6.92 Å². The van der Waals surface area contributed by atoms with Crippen molar-refractivity contribution in [1.29, 1.82) is 0 Å². The first-order chi connectivity index (χ1) is 12.5. The van der Waals surface area contributed by atoms with Gasteiger partial charge in [-0.15, -0.1) is 0 Å². The fraction of sp³-hybridized carbons (Fsp3) is 0.235. The Morgan fingerprint density at radius 1 is 1.31 bits per heavy atom. The quantitative estimate of drug-likeness (QED) is 0.736. The molecule has 0 radical (unpaired) electrons. The van der Waals surface area contributed by atoms with Crippen molar-refractivity contribution in [3.05, 3.63) is 57.8 Å². The highest BCUT2D eigenvalue weighted by Gasteiger charge is 2.21. The van der Waals surface area contributed by atoms with Crippen molar-refractivity contribution < 1.29 is 9.53 Å². The number of hydrogen-bond acceptors (Lipinski definition) is 4. The average molecular weight is 392 g/mol. The van der Waals surface area contributed by atoms with Crippen LogP contribution >= 0.6 is 23.2 Å². The summed E-state index contributed by atoms with van der Waals surface area (Å²) >= 11 is 12.4. The number of hydrogen-bond donors (Lipinski definition) is 1. The maximum Gasteiger partial charge on any atom is 0.277 e. The van der Waals surface area contributed by atoms with Crippen LogP contribution in [0, 0.1) is 0 Å². The van der Waals surface area contributed by atoms with E-state index in [4.69, 9.17) is 27.9 Å². The first-order valence-electron chi connectivity index (χ1n) is 8.03. The lowest BCUT2D eigenvalue weighted by Gasteiger charge is -2.17. The maximum atomic E-state index is 12.5. The van der Waals surface area contributed by atoms with Crippen molar-refractivity contribution in [3.63, 3.8) is 0 Å². The number of anilines is 1. The van der Waals surface area contributed by atoms with Crippen LogP contribution < -0.4 is 10.1 Å². The summed E-state index contributed by atoms with van der Waals surface area (Å²) in [5, 5.41) is 12.6. The second-order valence-electron chi connectivity index (χ2n) is 5.90. The molecule has 1 amide bonds. The van der Waals surface area contributed by atoms with E-state index in [2.05, 4.69) is 15.5 Å². The number of ether oxygens (including phenoxy) is 1. The Morgan fingerprint density at radius 3 is 2.96 bits per heavy atom. The molecular formula is C17H15Cl2N5O2. The molecule has 7 nitrogen and oxygen atoms in total. The Labute approximate surface area is 159 Å². The minimum absolute atomic E-state index is 0.221. The molecule has 0 bridgehead atoms. The second kappa shape index (κ2) is 6.66. The first-order valence-corrected chi connectivity index (χ1v) is 8.79. The van der Waals surface area contributed by atoms with Crippen LogP contribution in [0.4, 0.5) is 5.82 Å². The lowest BCUT2D eigenvalue weighted by molar-refractivity contribution is 0.102.